The first-order valence-corrected chi connectivity index (χ1v) is 7.86. The lowest BCUT2D eigenvalue weighted by atomic mass is 10.1. The molecule has 0 saturated carbocycles. The summed E-state index contributed by atoms with van der Waals surface area (Å²) in [6.07, 6.45) is 1.60. The molecule has 0 spiro atoms. The number of ether oxygens (including phenoxy) is 2. The Bertz CT molecular complexity index is 772. The van der Waals surface area contributed by atoms with Crippen molar-refractivity contribution in [1.29, 1.82) is 0 Å². The molecule has 2 aliphatic heterocycles. The van der Waals surface area contributed by atoms with Gasteiger partial charge in [-0.05, 0) is 24.3 Å². The Morgan fingerprint density at radius 1 is 1.04 bits per heavy atom. The van der Waals surface area contributed by atoms with Gasteiger partial charge in [-0.3, -0.25) is 9.69 Å². The molecule has 1 amide bonds. The molecule has 1 N–H and O–H groups in total. The predicted molar refractivity (Wildman–Crippen MR) is 84.5 cm³/mol. The third-order valence-corrected chi connectivity index (χ3v) is 4.33. The van der Waals surface area contributed by atoms with Crippen molar-refractivity contribution in [2.24, 2.45) is 0 Å². The standard InChI is InChI=1S/C17H18N3O4/c21-17(13-4-5-14-15(11-13)24-12-23-14)19-9-7-18(8-10-19)16-3-1-2-6-20(16)22/h1-6,11,22H,7-10,12H2/q+1. The number of rotatable bonds is 2. The van der Waals surface area contributed by atoms with Gasteiger partial charge in [0.15, 0.2) is 11.5 Å². The summed E-state index contributed by atoms with van der Waals surface area (Å²) >= 11 is 0. The predicted octanol–water partition coefficient (Wildman–Crippen LogP) is 0.902. The van der Waals surface area contributed by atoms with E-state index < -0.39 is 0 Å². The van der Waals surface area contributed by atoms with Gasteiger partial charge in [-0.25, -0.2) is 0 Å². The van der Waals surface area contributed by atoms with Gasteiger partial charge in [0.2, 0.25) is 6.79 Å². The molecular formula is C17H18N3O4+. The van der Waals surface area contributed by atoms with Gasteiger partial charge in [-0.1, -0.05) is 10.8 Å². The van der Waals surface area contributed by atoms with E-state index in [2.05, 4.69) is 4.90 Å². The van der Waals surface area contributed by atoms with Crippen LogP contribution in [0.25, 0.3) is 0 Å². The van der Waals surface area contributed by atoms with E-state index in [0.717, 1.165) is 10.5 Å². The van der Waals surface area contributed by atoms with Crippen molar-refractivity contribution >= 4 is 11.7 Å². The maximum absolute atomic E-state index is 12.7. The molecule has 124 valence electrons. The zero-order chi connectivity index (χ0) is 16.5. The number of carbonyl (C=O) groups is 1. The summed E-state index contributed by atoms with van der Waals surface area (Å²) in [5.74, 6) is 2.00. The van der Waals surface area contributed by atoms with Crippen LogP contribution in [0, 0.1) is 0 Å². The highest BCUT2D eigenvalue weighted by atomic mass is 16.7. The third-order valence-electron chi connectivity index (χ3n) is 4.33. The molecule has 0 atom stereocenters. The maximum Gasteiger partial charge on any atom is 0.316 e. The van der Waals surface area contributed by atoms with Crippen molar-refractivity contribution in [3.05, 3.63) is 48.2 Å². The summed E-state index contributed by atoms with van der Waals surface area (Å²) in [6, 6.07) is 10.8. The lowest BCUT2D eigenvalue weighted by molar-refractivity contribution is -0.894. The second kappa shape index (κ2) is 5.92. The SMILES string of the molecule is O=C(c1ccc2c(c1)OCO2)N1CCN(c2cccc[n+]2O)CC1. The highest BCUT2D eigenvalue weighted by molar-refractivity contribution is 5.95. The van der Waals surface area contributed by atoms with Gasteiger partial charge in [0.1, 0.15) is 19.3 Å². The zero-order valence-electron chi connectivity index (χ0n) is 13.1. The van der Waals surface area contributed by atoms with Gasteiger partial charge in [-0.15, -0.1) is 0 Å². The van der Waals surface area contributed by atoms with Gasteiger partial charge in [0, 0.05) is 11.6 Å². The quantitative estimate of drug-likeness (QED) is 0.655. The van der Waals surface area contributed by atoms with Crippen molar-refractivity contribution in [2.45, 2.75) is 0 Å². The average molecular weight is 328 g/mol. The van der Waals surface area contributed by atoms with E-state index in [1.807, 2.05) is 17.0 Å². The summed E-state index contributed by atoms with van der Waals surface area (Å²) in [5.41, 5.74) is 0.602. The molecule has 4 rings (SSSR count). The molecule has 3 heterocycles. The van der Waals surface area contributed by atoms with Crippen LogP contribution in [0.15, 0.2) is 42.6 Å². The number of amides is 1. The Hall–Kier alpha value is -2.96. The van der Waals surface area contributed by atoms with Crippen molar-refractivity contribution in [1.82, 2.24) is 4.90 Å². The van der Waals surface area contributed by atoms with Crippen LogP contribution in [0.1, 0.15) is 10.4 Å². The Balaban J connectivity index is 1.44. The summed E-state index contributed by atoms with van der Waals surface area (Å²) in [5, 5.41) is 9.87. The van der Waals surface area contributed by atoms with E-state index in [4.69, 9.17) is 9.47 Å². The number of aromatic nitrogens is 1. The van der Waals surface area contributed by atoms with E-state index in [9.17, 15) is 10.0 Å². The van der Waals surface area contributed by atoms with Crippen LogP contribution < -0.4 is 19.1 Å². The van der Waals surface area contributed by atoms with Crippen LogP contribution in [-0.2, 0) is 0 Å². The van der Waals surface area contributed by atoms with Gasteiger partial charge >= 0.3 is 5.82 Å². The fourth-order valence-electron chi connectivity index (χ4n) is 3.03. The Labute approximate surface area is 139 Å². The summed E-state index contributed by atoms with van der Waals surface area (Å²) in [7, 11) is 0. The van der Waals surface area contributed by atoms with E-state index >= 15 is 0 Å². The van der Waals surface area contributed by atoms with Crippen molar-refractivity contribution in [3.8, 4) is 11.5 Å². The normalized spacial score (nSPS) is 16.3. The minimum absolute atomic E-state index is 0.0158. The molecule has 24 heavy (non-hydrogen) atoms. The molecule has 2 aliphatic rings. The number of hydrogen-bond donors (Lipinski definition) is 1. The molecule has 2 aromatic rings. The molecule has 7 heteroatoms. The molecule has 0 radical (unpaired) electrons. The number of benzene rings is 1. The Morgan fingerprint density at radius 2 is 1.83 bits per heavy atom. The lowest BCUT2D eigenvalue weighted by Gasteiger charge is -2.31. The van der Waals surface area contributed by atoms with E-state index in [1.54, 1.807) is 30.5 Å². The number of carbonyl (C=O) groups excluding carboxylic acids is 1. The summed E-state index contributed by atoms with van der Waals surface area (Å²) < 4.78 is 11.7. The first kappa shape index (κ1) is 14.6. The molecular weight excluding hydrogens is 310 g/mol. The minimum atomic E-state index is -0.0158. The fourth-order valence-corrected chi connectivity index (χ4v) is 3.03. The van der Waals surface area contributed by atoms with Crippen molar-refractivity contribution in [3.63, 3.8) is 0 Å². The maximum atomic E-state index is 12.7. The van der Waals surface area contributed by atoms with Crippen LogP contribution in [0.3, 0.4) is 0 Å². The lowest BCUT2D eigenvalue weighted by Crippen LogP contribution is -2.52. The van der Waals surface area contributed by atoms with Crippen molar-refractivity contribution in [2.75, 3.05) is 37.9 Å². The summed E-state index contributed by atoms with van der Waals surface area (Å²) in [4.78, 5) is 16.5. The number of hydrogen-bond acceptors (Lipinski definition) is 5. The van der Waals surface area contributed by atoms with Crippen LogP contribution >= 0.6 is 0 Å². The van der Waals surface area contributed by atoms with Crippen LogP contribution in [0.4, 0.5) is 5.82 Å². The Kier molecular flexibility index (Phi) is 3.60. The first-order chi connectivity index (χ1) is 11.7. The number of fused-ring (bicyclic) bond motifs is 1. The van der Waals surface area contributed by atoms with Gasteiger partial charge < -0.3 is 19.6 Å². The highest BCUT2D eigenvalue weighted by Gasteiger charge is 2.29. The second-order valence-electron chi connectivity index (χ2n) is 5.75. The van der Waals surface area contributed by atoms with Gasteiger partial charge in [0.05, 0.1) is 13.1 Å². The van der Waals surface area contributed by atoms with Gasteiger partial charge in [-0.2, -0.15) is 0 Å². The number of nitrogens with zero attached hydrogens (tertiary/aromatic N) is 3. The average Bonchev–Trinajstić information content (AvgIpc) is 3.09. The van der Waals surface area contributed by atoms with Crippen LogP contribution in [-0.4, -0.2) is 49.0 Å². The molecule has 1 aromatic carbocycles. The smallest absolute Gasteiger partial charge is 0.316 e. The van der Waals surface area contributed by atoms with E-state index in [-0.39, 0.29) is 12.7 Å². The van der Waals surface area contributed by atoms with Crippen molar-refractivity contribution < 1.29 is 24.2 Å². The number of anilines is 1. The topological polar surface area (TPSA) is 66.1 Å². The minimum Gasteiger partial charge on any atom is -0.454 e. The fraction of sp³-hybridized carbons (Fsp3) is 0.294. The first-order valence-electron chi connectivity index (χ1n) is 7.86. The van der Waals surface area contributed by atoms with E-state index in [0.29, 0.717) is 43.2 Å². The third kappa shape index (κ3) is 2.58. The molecule has 1 aromatic heterocycles. The van der Waals surface area contributed by atoms with Crippen LogP contribution in [0.2, 0.25) is 0 Å². The monoisotopic (exact) mass is 328 g/mol. The largest absolute Gasteiger partial charge is 0.454 e. The van der Waals surface area contributed by atoms with Crippen LogP contribution in [0.5, 0.6) is 11.5 Å². The highest BCUT2D eigenvalue weighted by Crippen LogP contribution is 2.32. The molecule has 0 bridgehead atoms. The number of piperazine rings is 1. The number of pyridine rings is 1. The van der Waals surface area contributed by atoms with Gasteiger partial charge in [0.25, 0.3) is 5.91 Å². The Morgan fingerprint density at radius 3 is 2.62 bits per heavy atom. The zero-order valence-corrected chi connectivity index (χ0v) is 13.1. The summed E-state index contributed by atoms with van der Waals surface area (Å²) in [6.45, 7) is 2.73. The molecule has 0 aliphatic carbocycles. The second-order valence-corrected chi connectivity index (χ2v) is 5.75. The molecule has 1 saturated heterocycles. The molecule has 1 fully saturated rings. The molecule has 0 unspecified atom stereocenters. The van der Waals surface area contributed by atoms with E-state index in [1.165, 1.54) is 0 Å². The molecule has 7 nitrogen and oxygen atoms in total.